The third-order valence-electron chi connectivity index (χ3n) is 3.78. The maximum atomic E-state index is 12.1. The van der Waals surface area contributed by atoms with Gasteiger partial charge in [0.15, 0.2) is 5.82 Å². The number of aromatic nitrogens is 2. The van der Waals surface area contributed by atoms with Crippen molar-refractivity contribution in [2.45, 2.75) is 45.2 Å². The summed E-state index contributed by atoms with van der Waals surface area (Å²) in [5, 5.41) is 6.97. The van der Waals surface area contributed by atoms with Gasteiger partial charge in [-0.05, 0) is 37.8 Å². The Kier molecular flexibility index (Phi) is 5.01. The van der Waals surface area contributed by atoms with Crippen molar-refractivity contribution >= 4 is 0 Å². The molecule has 4 nitrogen and oxygen atoms in total. The molecule has 1 aliphatic rings. The van der Waals surface area contributed by atoms with Crippen LogP contribution in [0.4, 0.5) is 13.2 Å². The Bertz CT molecular complexity index is 413. The van der Waals surface area contributed by atoms with Crippen LogP contribution in [0.15, 0.2) is 4.52 Å². The normalized spacial score (nSPS) is 21.9. The predicted molar refractivity (Wildman–Crippen MR) is 67.1 cm³/mol. The molecule has 1 aliphatic heterocycles. The van der Waals surface area contributed by atoms with E-state index in [1.54, 1.807) is 0 Å². The van der Waals surface area contributed by atoms with E-state index in [1.807, 2.05) is 0 Å². The van der Waals surface area contributed by atoms with Crippen molar-refractivity contribution in [1.29, 1.82) is 0 Å². The van der Waals surface area contributed by atoms with Crippen molar-refractivity contribution in [3.05, 3.63) is 11.7 Å². The Morgan fingerprint density at radius 2 is 2.25 bits per heavy atom. The quantitative estimate of drug-likeness (QED) is 0.906. The van der Waals surface area contributed by atoms with Gasteiger partial charge in [0.2, 0.25) is 5.89 Å². The smallest absolute Gasteiger partial charge is 0.339 e. The zero-order valence-corrected chi connectivity index (χ0v) is 11.5. The number of aryl methyl sites for hydroxylation is 1. The summed E-state index contributed by atoms with van der Waals surface area (Å²) >= 11 is 0. The molecule has 114 valence electrons. The lowest BCUT2D eigenvalue weighted by atomic mass is 9.85. The highest BCUT2D eigenvalue weighted by Crippen LogP contribution is 2.24. The largest absolute Gasteiger partial charge is 0.389 e. The van der Waals surface area contributed by atoms with Gasteiger partial charge in [-0.1, -0.05) is 12.1 Å². The van der Waals surface area contributed by atoms with E-state index in [1.165, 1.54) is 6.42 Å². The van der Waals surface area contributed by atoms with Crippen LogP contribution in [0.2, 0.25) is 0 Å². The first-order valence-electron chi connectivity index (χ1n) is 7.03. The summed E-state index contributed by atoms with van der Waals surface area (Å²) in [7, 11) is 0. The summed E-state index contributed by atoms with van der Waals surface area (Å²) in [5.41, 5.74) is 0. The molecule has 2 unspecified atom stereocenters. The van der Waals surface area contributed by atoms with Crippen molar-refractivity contribution in [2.24, 2.45) is 11.8 Å². The van der Waals surface area contributed by atoms with Crippen LogP contribution in [0.25, 0.3) is 0 Å². The van der Waals surface area contributed by atoms with E-state index in [2.05, 4.69) is 22.4 Å². The van der Waals surface area contributed by atoms with Gasteiger partial charge in [0.25, 0.3) is 0 Å². The first-order chi connectivity index (χ1) is 9.44. The van der Waals surface area contributed by atoms with Gasteiger partial charge in [-0.25, -0.2) is 0 Å². The van der Waals surface area contributed by atoms with Crippen LogP contribution in [-0.4, -0.2) is 29.4 Å². The Hall–Kier alpha value is -1.11. The van der Waals surface area contributed by atoms with Crippen LogP contribution >= 0.6 is 0 Å². The van der Waals surface area contributed by atoms with Gasteiger partial charge < -0.3 is 9.84 Å². The summed E-state index contributed by atoms with van der Waals surface area (Å²) in [6.45, 7) is 4.17. The number of hydrogen-bond acceptors (Lipinski definition) is 4. The minimum atomic E-state index is -4.18. The number of hydrogen-bond donors (Lipinski definition) is 1. The fraction of sp³-hybridized carbons (Fsp3) is 0.846. The number of piperidine rings is 1. The van der Waals surface area contributed by atoms with Crippen LogP contribution < -0.4 is 5.32 Å². The lowest BCUT2D eigenvalue weighted by molar-refractivity contribution is -0.134. The first-order valence-corrected chi connectivity index (χ1v) is 7.03. The van der Waals surface area contributed by atoms with Crippen LogP contribution in [-0.2, 0) is 12.8 Å². The van der Waals surface area contributed by atoms with Gasteiger partial charge >= 0.3 is 6.18 Å². The molecule has 1 aromatic rings. The van der Waals surface area contributed by atoms with Crippen molar-refractivity contribution < 1.29 is 17.7 Å². The fourth-order valence-corrected chi connectivity index (χ4v) is 2.53. The lowest BCUT2D eigenvalue weighted by Gasteiger charge is -2.27. The number of rotatable bonds is 5. The molecule has 0 spiro atoms. The molecule has 0 bridgehead atoms. The van der Waals surface area contributed by atoms with E-state index >= 15 is 0 Å². The third kappa shape index (κ3) is 4.77. The van der Waals surface area contributed by atoms with E-state index in [0.29, 0.717) is 24.1 Å². The highest BCUT2D eigenvalue weighted by Gasteiger charge is 2.28. The Labute approximate surface area is 116 Å². The average Bonchev–Trinajstić information content (AvgIpc) is 2.84. The van der Waals surface area contributed by atoms with Crippen molar-refractivity contribution in [3.63, 3.8) is 0 Å². The second-order valence-electron chi connectivity index (χ2n) is 5.51. The van der Waals surface area contributed by atoms with Gasteiger partial charge in [0.05, 0.1) is 6.42 Å². The zero-order chi connectivity index (χ0) is 14.6. The molecule has 0 aliphatic carbocycles. The van der Waals surface area contributed by atoms with Crippen LogP contribution in [0.1, 0.15) is 37.9 Å². The van der Waals surface area contributed by atoms with Crippen LogP contribution in [0.5, 0.6) is 0 Å². The number of halogens is 3. The lowest BCUT2D eigenvalue weighted by Crippen LogP contribution is -2.33. The van der Waals surface area contributed by atoms with Gasteiger partial charge in [0.1, 0.15) is 0 Å². The molecule has 1 fully saturated rings. The number of nitrogens with one attached hydrogen (secondary N) is 1. The van der Waals surface area contributed by atoms with E-state index in [9.17, 15) is 13.2 Å². The average molecular weight is 291 g/mol. The Balaban J connectivity index is 1.82. The highest BCUT2D eigenvalue weighted by atomic mass is 19.4. The minimum absolute atomic E-state index is 0.145. The summed E-state index contributed by atoms with van der Waals surface area (Å²) < 4.78 is 41.4. The molecule has 0 saturated carbocycles. The van der Waals surface area contributed by atoms with Gasteiger partial charge in [-0.2, -0.15) is 18.2 Å². The number of alkyl halides is 3. The van der Waals surface area contributed by atoms with E-state index in [0.717, 1.165) is 19.5 Å². The molecule has 2 atom stereocenters. The summed E-state index contributed by atoms with van der Waals surface area (Å²) in [6.07, 6.45) is -2.34. The molecular formula is C13H20F3N3O. The monoisotopic (exact) mass is 291 g/mol. The second-order valence-corrected chi connectivity index (χ2v) is 5.51. The Morgan fingerprint density at radius 3 is 2.90 bits per heavy atom. The SMILES string of the molecule is CC(Cc1nc(CCC(F)(F)F)no1)C1CCCNC1. The molecule has 2 heterocycles. The predicted octanol–water partition coefficient (Wildman–Crippen LogP) is 2.74. The van der Waals surface area contributed by atoms with Crippen molar-refractivity contribution in [3.8, 4) is 0 Å². The molecule has 0 aromatic carbocycles. The van der Waals surface area contributed by atoms with Crippen molar-refractivity contribution in [2.75, 3.05) is 13.1 Å². The van der Waals surface area contributed by atoms with Crippen LogP contribution in [0.3, 0.4) is 0 Å². The highest BCUT2D eigenvalue weighted by molar-refractivity contribution is 4.90. The van der Waals surface area contributed by atoms with Crippen molar-refractivity contribution in [1.82, 2.24) is 15.5 Å². The summed E-state index contributed by atoms with van der Waals surface area (Å²) in [4.78, 5) is 4.05. The number of nitrogens with zero attached hydrogens (tertiary/aromatic N) is 2. The summed E-state index contributed by atoms with van der Waals surface area (Å²) in [5.74, 6) is 1.54. The standard InChI is InChI=1S/C13H20F3N3O/c1-9(10-3-2-6-17-8-10)7-12-18-11(19-20-12)4-5-13(14,15)16/h9-10,17H,2-8H2,1H3. The topological polar surface area (TPSA) is 51.0 Å². The molecule has 20 heavy (non-hydrogen) atoms. The third-order valence-corrected chi connectivity index (χ3v) is 3.78. The van der Waals surface area contributed by atoms with Gasteiger partial charge in [0, 0.05) is 12.8 Å². The molecule has 0 amide bonds. The molecule has 7 heteroatoms. The van der Waals surface area contributed by atoms with Gasteiger partial charge in [-0.3, -0.25) is 0 Å². The first kappa shape index (κ1) is 15.3. The molecular weight excluding hydrogens is 271 g/mol. The summed E-state index contributed by atoms with van der Waals surface area (Å²) in [6, 6.07) is 0. The Morgan fingerprint density at radius 1 is 1.45 bits per heavy atom. The zero-order valence-electron chi connectivity index (χ0n) is 11.5. The minimum Gasteiger partial charge on any atom is -0.339 e. The molecule has 1 N–H and O–H groups in total. The van der Waals surface area contributed by atoms with Gasteiger partial charge in [-0.15, -0.1) is 0 Å². The maximum absolute atomic E-state index is 12.1. The maximum Gasteiger partial charge on any atom is 0.389 e. The van der Waals surface area contributed by atoms with E-state index < -0.39 is 12.6 Å². The van der Waals surface area contributed by atoms with E-state index in [4.69, 9.17) is 4.52 Å². The molecule has 1 aromatic heterocycles. The van der Waals surface area contributed by atoms with Crippen LogP contribution in [0, 0.1) is 11.8 Å². The van der Waals surface area contributed by atoms with E-state index in [-0.39, 0.29) is 12.2 Å². The molecule has 1 saturated heterocycles. The second kappa shape index (κ2) is 6.56. The molecule has 0 radical (unpaired) electrons. The fourth-order valence-electron chi connectivity index (χ4n) is 2.53. The molecule has 2 rings (SSSR count).